The summed E-state index contributed by atoms with van der Waals surface area (Å²) < 4.78 is 39.9. The van der Waals surface area contributed by atoms with Gasteiger partial charge in [0.15, 0.2) is 0 Å². The molecular formula is C12H9Cl2FN2O2S. The molecule has 0 fully saturated rings. The maximum Gasteiger partial charge on any atom is 0.263 e. The Bertz CT molecular complexity index is 766. The fourth-order valence-electron chi connectivity index (χ4n) is 1.47. The molecule has 0 atom stereocenters. The molecule has 8 heteroatoms. The van der Waals surface area contributed by atoms with Crippen LogP contribution < -0.4 is 4.72 Å². The van der Waals surface area contributed by atoms with Gasteiger partial charge in [-0.25, -0.2) is 17.8 Å². The van der Waals surface area contributed by atoms with Crippen LogP contribution in [0, 0.1) is 12.7 Å². The van der Waals surface area contributed by atoms with Crippen LogP contribution in [-0.2, 0) is 10.0 Å². The summed E-state index contributed by atoms with van der Waals surface area (Å²) in [6, 6.07) is 5.25. The highest BCUT2D eigenvalue weighted by molar-refractivity contribution is 7.92. The molecule has 0 aliphatic carbocycles. The molecule has 0 aliphatic heterocycles. The summed E-state index contributed by atoms with van der Waals surface area (Å²) in [6.07, 6.45) is 1.05. The summed E-state index contributed by atoms with van der Waals surface area (Å²) in [5, 5.41) is -0.00777. The number of halogens is 3. The molecule has 20 heavy (non-hydrogen) atoms. The smallest absolute Gasteiger partial charge is 0.263 e. The molecule has 1 aromatic heterocycles. The van der Waals surface area contributed by atoms with Crippen molar-refractivity contribution in [3.63, 3.8) is 0 Å². The number of pyridine rings is 1. The van der Waals surface area contributed by atoms with Crippen LogP contribution >= 0.6 is 23.2 Å². The van der Waals surface area contributed by atoms with E-state index in [-0.39, 0.29) is 20.8 Å². The van der Waals surface area contributed by atoms with Gasteiger partial charge in [0.25, 0.3) is 10.0 Å². The zero-order valence-electron chi connectivity index (χ0n) is 10.2. The molecule has 0 unspecified atom stereocenters. The normalized spacial score (nSPS) is 11.4. The van der Waals surface area contributed by atoms with Crippen molar-refractivity contribution in [1.29, 1.82) is 0 Å². The maximum absolute atomic E-state index is 13.6. The van der Waals surface area contributed by atoms with Crippen LogP contribution in [0.5, 0.6) is 0 Å². The first kappa shape index (κ1) is 15.0. The number of benzene rings is 1. The number of sulfonamides is 1. The highest BCUT2D eigenvalue weighted by Gasteiger charge is 2.18. The zero-order valence-corrected chi connectivity index (χ0v) is 12.5. The lowest BCUT2D eigenvalue weighted by Gasteiger charge is -2.10. The van der Waals surface area contributed by atoms with E-state index in [0.29, 0.717) is 0 Å². The number of hydrogen-bond donors (Lipinski definition) is 1. The lowest BCUT2D eigenvalue weighted by atomic mass is 10.2. The summed E-state index contributed by atoms with van der Waals surface area (Å²) >= 11 is 11.3. The second-order valence-electron chi connectivity index (χ2n) is 4.03. The lowest BCUT2D eigenvalue weighted by molar-refractivity contribution is 0.598. The van der Waals surface area contributed by atoms with Crippen LogP contribution in [0.4, 0.5) is 10.1 Å². The fourth-order valence-corrected chi connectivity index (χ4v) is 2.83. The van der Waals surface area contributed by atoms with E-state index in [4.69, 9.17) is 23.2 Å². The standard InChI is InChI=1S/C12H9Cl2FN2O2S/c1-7-2-3-10(15)11(4-7)17-20(18,19)8-5-9(13)12(14)16-6-8/h2-6,17H,1H3. The molecule has 1 heterocycles. The van der Waals surface area contributed by atoms with Gasteiger partial charge in [0.05, 0.1) is 10.7 Å². The average Bonchev–Trinajstić information content (AvgIpc) is 2.36. The van der Waals surface area contributed by atoms with E-state index in [1.54, 1.807) is 6.92 Å². The van der Waals surface area contributed by atoms with E-state index in [1.807, 2.05) is 0 Å². The first-order valence-corrected chi connectivity index (χ1v) is 7.63. The molecule has 2 rings (SSSR count). The Morgan fingerprint density at radius 2 is 1.95 bits per heavy atom. The molecule has 0 bridgehead atoms. The fraction of sp³-hybridized carbons (Fsp3) is 0.0833. The Labute approximate surface area is 125 Å². The van der Waals surface area contributed by atoms with E-state index in [1.165, 1.54) is 18.2 Å². The van der Waals surface area contributed by atoms with Crippen LogP contribution in [0.1, 0.15) is 5.56 Å². The van der Waals surface area contributed by atoms with Gasteiger partial charge in [-0.2, -0.15) is 0 Å². The number of aromatic nitrogens is 1. The van der Waals surface area contributed by atoms with Gasteiger partial charge in [-0.15, -0.1) is 0 Å². The first-order valence-electron chi connectivity index (χ1n) is 5.39. The van der Waals surface area contributed by atoms with E-state index in [9.17, 15) is 12.8 Å². The van der Waals surface area contributed by atoms with Crippen molar-refractivity contribution in [3.05, 3.63) is 52.0 Å². The number of anilines is 1. The third-order valence-electron chi connectivity index (χ3n) is 2.45. The molecule has 4 nitrogen and oxygen atoms in total. The zero-order chi connectivity index (χ0) is 14.9. The summed E-state index contributed by atoms with van der Waals surface area (Å²) in [7, 11) is -3.99. The van der Waals surface area contributed by atoms with Gasteiger partial charge in [0.1, 0.15) is 15.9 Å². The molecule has 0 saturated heterocycles. The van der Waals surface area contributed by atoms with Gasteiger partial charge < -0.3 is 0 Å². The van der Waals surface area contributed by atoms with Gasteiger partial charge in [0.2, 0.25) is 0 Å². The van der Waals surface area contributed by atoms with E-state index in [0.717, 1.165) is 17.8 Å². The maximum atomic E-state index is 13.6. The van der Waals surface area contributed by atoms with Crippen molar-refractivity contribution in [1.82, 2.24) is 4.98 Å². The molecule has 1 aromatic carbocycles. The van der Waals surface area contributed by atoms with Crippen molar-refractivity contribution in [2.75, 3.05) is 4.72 Å². The van der Waals surface area contributed by atoms with Crippen molar-refractivity contribution in [3.8, 4) is 0 Å². The number of nitrogens with one attached hydrogen (secondary N) is 1. The summed E-state index contributed by atoms with van der Waals surface area (Å²) in [5.74, 6) is -0.674. The minimum absolute atomic E-state index is 0.000689. The predicted octanol–water partition coefficient (Wildman–Crippen LogP) is 3.64. The molecule has 0 aliphatic rings. The largest absolute Gasteiger partial charge is 0.277 e. The van der Waals surface area contributed by atoms with Crippen LogP contribution in [-0.4, -0.2) is 13.4 Å². The molecule has 0 amide bonds. The second-order valence-corrected chi connectivity index (χ2v) is 6.48. The molecule has 1 N–H and O–H groups in total. The Hall–Kier alpha value is -1.37. The molecule has 2 aromatic rings. The Morgan fingerprint density at radius 1 is 1.25 bits per heavy atom. The third-order valence-corrected chi connectivity index (χ3v) is 4.47. The SMILES string of the molecule is Cc1ccc(F)c(NS(=O)(=O)c2cnc(Cl)c(Cl)c2)c1. The lowest BCUT2D eigenvalue weighted by Crippen LogP contribution is -2.14. The monoisotopic (exact) mass is 334 g/mol. The van der Waals surface area contributed by atoms with E-state index < -0.39 is 15.8 Å². The van der Waals surface area contributed by atoms with Crippen molar-refractivity contribution >= 4 is 38.9 Å². The second kappa shape index (κ2) is 5.55. The highest BCUT2D eigenvalue weighted by Crippen LogP contribution is 2.24. The van der Waals surface area contributed by atoms with Crippen molar-refractivity contribution < 1.29 is 12.8 Å². The highest BCUT2D eigenvalue weighted by atomic mass is 35.5. The van der Waals surface area contributed by atoms with Gasteiger partial charge in [0, 0.05) is 6.20 Å². The Kier molecular flexibility index (Phi) is 4.17. The Balaban J connectivity index is 2.40. The van der Waals surface area contributed by atoms with Gasteiger partial charge >= 0.3 is 0 Å². The number of nitrogens with zero attached hydrogens (tertiary/aromatic N) is 1. The molecule has 0 spiro atoms. The van der Waals surface area contributed by atoms with Crippen molar-refractivity contribution in [2.45, 2.75) is 11.8 Å². The summed E-state index contributed by atoms with van der Waals surface area (Å²) in [6.45, 7) is 1.72. The Morgan fingerprint density at radius 3 is 2.60 bits per heavy atom. The predicted molar refractivity (Wildman–Crippen MR) is 76.2 cm³/mol. The van der Waals surface area contributed by atoms with Crippen LogP contribution in [0.3, 0.4) is 0 Å². The minimum atomic E-state index is -3.99. The topological polar surface area (TPSA) is 59.1 Å². The summed E-state index contributed by atoms with van der Waals surface area (Å²) in [5.41, 5.74) is 0.576. The molecule has 106 valence electrons. The minimum Gasteiger partial charge on any atom is -0.277 e. The number of hydrogen-bond acceptors (Lipinski definition) is 3. The van der Waals surface area contributed by atoms with Gasteiger partial charge in [-0.05, 0) is 30.7 Å². The third kappa shape index (κ3) is 3.20. The number of aryl methyl sites for hydroxylation is 1. The van der Waals surface area contributed by atoms with Crippen LogP contribution in [0.15, 0.2) is 35.4 Å². The molecular weight excluding hydrogens is 326 g/mol. The van der Waals surface area contributed by atoms with Crippen molar-refractivity contribution in [2.24, 2.45) is 0 Å². The van der Waals surface area contributed by atoms with Gasteiger partial charge in [-0.3, -0.25) is 4.72 Å². The molecule has 0 radical (unpaired) electrons. The molecule has 0 saturated carbocycles. The van der Waals surface area contributed by atoms with Crippen LogP contribution in [0.25, 0.3) is 0 Å². The summed E-state index contributed by atoms with van der Waals surface area (Å²) in [4.78, 5) is 3.45. The quantitative estimate of drug-likeness (QED) is 0.872. The van der Waals surface area contributed by atoms with E-state index in [2.05, 4.69) is 9.71 Å². The number of rotatable bonds is 3. The van der Waals surface area contributed by atoms with E-state index >= 15 is 0 Å². The first-order chi connectivity index (χ1) is 9.29. The van der Waals surface area contributed by atoms with Gasteiger partial charge in [-0.1, -0.05) is 29.3 Å². The van der Waals surface area contributed by atoms with Crippen LogP contribution in [0.2, 0.25) is 10.2 Å². The average molecular weight is 335 g/mol.